The van der Waals surface area contributed by atoms with Crippen LogP contribution < -0.4 is 10.1 Å². The van der Waals surface area contributed by atoms with E-state index >= 15 is 0 Å². The van der Waals surface area contributed by atoms with Gasteiger partial charge in [0.2, 0.25) is 0 Å². The molecule has 0 radical (unpaired) electrons. The number of nitrogens with one attached hydrogen (secondary N) is 1. The SMILES string of the molecule is COc1cc(NC(=O)COC(=O)C[C@@H]2C[C@@H]3CC[C@@H]2C3)c(C)cc1[N+](=O)[O-]. The van der Waals surface area contributed by atoms with Gasteiger partial charge in [0.05, 0.1) is 12.0 Å². The highest BCUT2D eigenvalue weighted by atomic mass is 16.6. The summed E-state index contributed by atoms with van der Waals surface area (Å²) in [6.45, 7) is 1.27. The van der Waals surface area contributed by atoms with E-state index in [-0.39, 0.29) is 24.0 Å². The normalized spacial score (nSPS) is 23.1. The Labute approximate surface area is 157 Å². The van der Waals surface area contributed by atoms with Crippen molar-refractivity contribution in [2.24, 2.45) is 17.8 Å². The monoisotopic (exact) mass is 376 g/mol. The van der Waals surface area contributed by atoms with Gasteiger partial charge in [0.15, 0.2) is 12.4 Å². The van der Waals surface area contributed by atoms with Crippen molar-refractivity contribution in [1.29, 1.82) is 0 Å². The predicted octanol–water partition coefficient (Wildman–Crippen LogP) is 3.22. The Kier molecular flexibility index (Phi) is 5.62. The Balaban J connectivity index is 1.51. The van der Waals surface area contributed by atoms with Crippen LogP contribution in [-0.2, 0) is 14.3 Å². The Hall–Kier alpha value is -2.64. The second-order valence-electron chi connectivity index (χ2n) is 7.44. The van der Waals surface area contributed by atoms with E-state index in [1.165, 1.54) is 38.5 Å². The highest BCUT2D eigenvalue weighted by Gasteiger charge is 2.40. The first-order chi connectivity index (χ1) is 12.9. The number of ether oxygens (including phenoxy) is 2. The van der Waals surface area contributed by atoms with E-state index in [1.54, 1.807) is 6.92 Å². The molecule has 3 rings (SSSR count). The molecular formula is C19H24N2O6. The summed E-state index contributed by atoms with van der Waals surface area (Å²) in [5, 5.41) is 13.6. The minimum atomic E-state index is -0.547. The zero-order chi connectivity index (χ0) is 19.6. The van der Waals surface area contributed by atoms with Gasteiger partial charge in [-0.25, -0.2) is 0 Å². The molecule has 1 aromatic carbocycles. The molecule has 27 heavy (non-hydrogen) atoms. The molecule has 0 saturated heterocycles. The lowest BCUT2D eigenvalue weighted by atomic mass is 9.86. The van der Waals surface area contributed by atoms with Crippen molar-refractivity contribution in [3.63, 3.8) is 0 Å². The number of nitro groups is 1. The Bertz CT molecular complexity index is 763. The van der Waals surface area contributed by atoms with Crippen LogP contribution in [0.3, 0.4) is 0 Å². The van der Waals surface area contributed by atoms with E-state index in [9.17, 15) is 19.7 Å². The molecule has 0 heterocycles. The van der Waals surface area contributed by atoms with Gasteiger partial charge < -0.3 is 14.8 Å². The van der Waals surface area contributed by atoms with E-state index in [4.69, 9.17) is 9.47 Å². The summed E-state index contributed by atoms with van der Waals surface area (Å²) in [5.74, 6) is 0.994. The number of hydrogen-bond acceptors (Lipinski definition) is 6. The largest absolute Gasteiger partial charge is 0.490 e. The molecule has 0 aromatic heterocycles. The van der Waals surface area contributed by atoms with E-state index in [1.807, 2.05) is 0 Å². The molecule has 1 N–H and O–H groups in total. The molecule has 2 fully saturated rings. The summed E-state index contributed by atoms with van der Waals surface area (Å²) >= 11 is 0. The van der Waals surface area contributed by atoms with Crippen LogP contribution in [0.2, 0.25) is 0 Å². The number of fused-ring (bicyclic) bond motifs is 2. The van der Waals surface area contributed by atoms with E-state index in [0.29, 0.717) is 29.5 Å². The average molecular weight is 376 g/mol. The third kappa shape index (κ3) is 4.37. The van der Waals surface area contributed by atoms with Crippen molar-refractivity contribution >= 4 is 23.3 Å². The summed E-state index contributed by atoms with van der Waals surface area (Å²) in [6.07, 6.45) is 5.16. The average Bonchev–Trinajstić information content (AvgIpc) is 3.24. The van der Waals surface area contributed by atoms with Gasteiger partial charge in [0.25, 0.3) is 5.91 Å². The van der Waals surface area contributed by atoms with Crippen molar-refractivity contribution in [3.8, 4) is 5.75 Å². The molecule has 1 amide bonds. The number of benzene rings is 1. The predicted molar refractivity (Wildman–Crippen MR) is 97.5 cm³/mol. The van der Waals surface area contributed by atoms with Crippen LogP contribution in [0, 0.1) is 34.8 Å². The van der Waals surface area contributed by atoms with Crippen molar-refractivity contribution in [2.75, 3.05) is 19.0 Å². The lowest BCUT2D eigenvalue weighted by Gasteiger charge is -2.20. The molecule has 8 heteroatoms. The van der Waals surface area contributed by atoms with Crippen LogP contribution in [0.25, 0.3) is 0 Å². The highest BCUT2D eigenvalue weighted by Crippen LogP contribution is 2.49. The van der Waals surface area contributed by atoms with Crippen molar-refractivity contribution < 1.29 is 24.0 Å². The number of anilines is 1. The van der Waals surface area contributed by atoms with Gasteiger partial charge in [-0.05, 0) is 49.5 Å². The molecule has 1 aromatic rings. The van der Waals surface area contributed by atoms with Crippen LogP contribution >= 0.6 is 0 Å². The number of nitrogens with zero attached hydrogens (tertiary/aromatic N) is 1. The molecule has 3 atom stereocenters. The molecule has 0 spiro atoms. The quantitative estimate of drug-likeness (QED) is 0.445. The lowest BCUT2D eigenvalue weighted by molar-refractivity contribution is -0.385. The second-order valence-corrected chi connectivity index (χ2v) is 7.44. The van der Waals surface area contributed by atoms with Crippen LogP contribution in [0.15, 0.2) is 12.1 Å². The van der Waals surface area contributed by atoms with Crippen molar-refractivity contribution in [2.45, 2.75) is 39.0 Å². The smallest absolute Gasteiger partial charge is 0.311 e. The minimum absolute atomic E-state index is 0.0502. The number of esters is 1. The number of aryl methyl sites for hydroxylation is 1. The van der Waals surface area contributed by atoms with E-state index in [2.05, 4.69) is 5.32 Å². The van der Waals surface area contributed by atoms with Gasteiger partial charge in [0, 0.05) is 24.2 Å². The number of carbonyl (C=O) groups is 2. The first-order valence-electron chi connectivity index (χ1n) is 9.16. The minimum Gasteiger partial charge on any atom is -0.490 e. The third-order valence-corrected chi connectivity index (χ3v) is 5.67. The molecule has 2 aliphatic rings. The molecule has 8 nitrogen and oxygen atoms in total. The van der Waals surface area contributed by atoms with E-state index < -0.39 is 10.8 Å². The Morgan fingerprint density at radius 2 is 2.07 bits per heavy atom. The number of carbonyl (C=O) groups excluding carboxylic acids is 2. The van der Waals surface area contributed by atoms with Gasteiger partial charge in [0.1, 0.15) is 0 Å². The summed E-state index contributed by atoms with van der Waals surface area (Å²) in [5.41, 5.74) is 0.723. The fourth-order valence-corrected chi connectivity index (χ4v) is 4.35. The molecule has 2 aliphatic carbocycles. The number of nitro benzene ring substituents is 1. The summed E-state index contributed by atoms with van der Waals surface area (Å²) in [6, 6.07) is 2.72. The van der Waals surface area contributed by atoms with Gasteiger partial charge in [-0.1, -0.05) is 6.42 Å². The highest BCUT2D eigenvalue weighted by molar-refractivity contribution is 5.94. The summed E-state index contributed by atoms with van der Waals surface area (Å²) < 4.78 is 10.1. The molecule has 2 bridgehead atoms. The van der Waals surface area contributed by atoms with Crippen LogP contribution in [0.1, 0.15) is 37.7 Å². The van der Waals surface area contributed by atoms with Gasteiger partial charge >= 0.3 is 11.7 Å². The Morgan fingerprint density at radius 3 is 2.67 bits per heavy atom. The van der Waals surface area contributed by atoms with Gasteiger partial charge in [-0.15, -0.1) is 0 Å². The standard InChI is InChI=1S/C19H24N2O6/c1-11-5-16(21(24)25)17(26-2)9-15(11)20-18(22)10-27-19(23)8-14-7-12-3-4-13(14)6-12/h5,9,12-14H,3-4,6-8,10H2,1-2H3,(H,20,22)/t12-,13-,14+/m1/s1. The topological polar surface area (TPSA) is 108 Å². The molecule has 0 unspecified atom stereocenters. The van der Waals surface area contributed by atoms with Crippen molar-refractivity contribution in [3.05, 3.63) is 27.8 Å². The third-order valence-electron chi connectivity index (χ3n) is 5.67. The molecule has 2 saturated carbocycles. The zero-order valence-corrected chi connectivity index (χ0v) is 15.5. The number of amides is 1. The summed E-state index contributed by atoms with van der Waals surface area (Å²) in [7, 11) is 1.32. The van der Waals surface area contributed by atoms with Crippen LogP contribution in [0.4, 0.5) is 11.4 Å². The maximum absolute atomic E-state index is 12.1. The first kappa shape index (κ1) is 19.1. The zero-order valence-electron chi connectivity index (χ0n) is 15.5. The lowest BCUT2D eigenvalue weighted by Crippen LogP contribution is -2.23. The number of rotatable bonds is 7. The summed E-state index contributed by atoms with van der Waals surface area (Å²) in [4.78, 5) is 34.6. The molecular weight excluding hydrogens is 352 g/mol. The van der Waals surface area contributed by atoms with Gasteiger partial charge in [-0.3, -0.25) is 19.7 Å². The fourth-order valence-electron chi connectivity index (χ4n) is 4.35. The second kappa shape index (κ2) is 7.94. The first-order valence-corrected chi connectivity index (χ1v) is 9.16. The van der Waals surface area contributed by atoms with Crippen LogP contribution in [-0.4, -0.2) is 30.5 Å². The molecule has 0 aliphatic heterocycles. The number of methoxy groups -OCH3 is 1. The Morgan fingerprint density at radius 1 is 1.30 bits per heavy atom. The maximum atomic E-state index is 12.1. The van der Waals surface area contributed by atoms with Crippen LogP contribution in [0.5, 0.6) is 5.75 Å². The van der Waals surface area contributed by atoms with Gasteiger partial charge in [-0.2, -0.15) is 0 Å². The molecule has 146 valence electrons. The fraction of sp³-hybridized carbons (Fsp3) is 0.579. The van der Waals surface area contributed by atoms with E-state index in [0.717, 1.165) is 12.3 Å². The van der Waals surface area contributed by atoms with Crippen molar-refractivity contribution in [1.82, 2.24) is 0 Å². The number of hydrogen-bond donors (Lipinski definition) is 1. The maximum Gasteiger partial charge on any atom is 0.311 e.